The molecule has 0 radical (unpaired) electrons. The zero-order valence-corrected chi connectivity index (χ0v) is 17.0. The van der Waals surface area contributed by atoms with Crippen LogP contribution in [-0.4, -0.2) is 18.4 Å². The molecule has 146 valence electrons. The molecule has 0 bridgehead atoms. The molecule has 1 N–H and O–H groups in total. The quantitative estimate of drug-likeness (QED) is 0.643. The van der Waals surface area contributed by atoms with Gasteiger partial charge >= 0.3 is 0 Å². The zero-order chi connectivity index (χ0) is 20.2. The molecule has 4 rings (SSSR count). The van der Waals surface area contributed by atoms with Crippen molar-refractivity contribution in [2.75, 3.05) is 11.4 Å². The monoisotopic (exact) mass is 402 g/mol. The molecule has 0 spiro atoms. The van der Waals surface area contributed by atoms with Gasteiger partial charge in [0.05, 0.1) is 17.8 Å². The Bertz CT molecular complexity index is 1050. The Kier molecular flexibility index (Phi) is 5.67. The second-order valence-corrected chi connectivity index (χ2v) is 8.00. The van der Waals surface area contributed by atoms with Crippen molar-refractivity contribution in [1.82, 2.24) is 5.32 Å². The van der Waals surface area contributed by atoms with Crippen LogP contribution in [0.15, 0.2) is 82.6 Å². The Morgan fingerprint density at radius 2 is 1.72 bits per heavy atom. The lowest BCUT2D eigenvalue weighted by Crippen LogP contribution is -2.31. The number of carbonyl (C=O) groups excluding carboxylic acids is 2. The first-order chi connectivity index (χ1) is 14.2. The maximum Gasteiger partial charge on any atom is 0.259 e. The number of hydrogen-bond acceptors (Lipinski definition) is 3. The Morgan fingerprint density at radius 1 is 0.966 bits per heavy atom. The van der Waals surface area contributed by atoms with Crippen LogP contribution in [0.3, 0.4) is 0 Å². The maximum atomic E-state index is 13.5. The van der Waals surface area contributed by atoms with E-state index in [9.17, 15) is 9.59 Å². The highest BCUT2D eigenvalue weighted by Gasteiger charge is 2.28. The molecule has 5 heteroatoms. The summed E-state index contributed by atoms with van der Waals surface area (Å²) in [4.78, 5) is 29.7. The number of benzene rings is 3. The van der Waals surface area contributed by atoms with Crippen LogP contribution in [0.1, 0.15) is 39.6 Å². The summed E-state index contributed by atoms with van der Waals surface area (Å²) in [6, 6.07) is 23.2. The van der Waals surface area contributed by atoms with Crippen molar-refractivity contribution in [2.24, 2.45) is 0 Å². The van der Waals surface area contributed by atoms with Crippen LogP contribution >= 0.6 is 11.8 Å². The lowest BCUT2D eigenvalue weighted by atomic mass is 10.1. The first-order valence-corrected chi connectivity index (χ1v) is 10.5. The fraction of sp³-hybridized carbons (Fsp3) is 0.167. The molecule has 3 aromatic rings. The number of anilines is 1. The number of rotatable bonds is 5. The van der Waals surface area contributed by atoms with Crippen LogP contribution in [-0.2, 0) is 6.54 Å². The van der Waals surface area contributed by atoms with E-state index in [1.54, 1.807) is 16.7 Å². The van der Waals surface area contributed by atoms with Crippen molar-refractivity contribution >= 4 is 29.3 Å². The number of nitrogens with zero attached hydrogens (tertiary/aromatic N) is 1. The van der Waals surface area contributed by atoms with Gasteiger partial charge in [-0.1, -0.05) is 61.2 Å². The highest BCUT2D eigenvalue weighted by atomic mass is 32.2. The minimum atomic E-state index is -0.117. The van der Waals surface area contributed by atoms with Gasteiger partial charge in [0.25, 0.3) is 11.8 Å². The average Bonchev–Trinajstić information content (AvgIpc) is 2.87. The molecule has 0 saturated heterocycles. The largest absolute Gasteiger partial charge is 0.352 e. The van der Waals surface area contributed by atoms with E-state index in [0.717, 1.165) is 27.5 Å². The first-order valence-electron chi connectivity index (χ1n) is 9.72. The summed E-state index contributed by atoms with van der Waals surface area (Å²) in [5.74, 6) is -0.171. The molecule has 2 amide bonds. The van der Waals surface area contributed by atoms with Crippen LogP contribution < -0.4 is 10.2 Å². The van der Waals surface area contributed by atoms with E-state index in [1.807, 2.05) is 79.7 Å². The Morgan fingerprint density at radius 3 is 2.52 bits per heavy atom. The summed E-state index contributed by atoms with van der Waals surface area (Å²) < 4.78 is 0. The predicted octanol–water partition coefficient (Wildman–Crippen LogP) is 5.14. The lowest BCUT2D eigenvalue weighted by molar-refractivity contribution is 0.0950. The molecule has 0 aliphatic carbocycles. The zero-order valence-electron chi connectivity index (χ0n) is 16.2. The second-order valence-electron chi connectivity index (χ2n) is 6.91. The van der Waals surface area contributed by atoms with Crippen LogP contribution in [0.5, 0.6) is 0 Å². The maximum absolute atomic E-state index is 13.5. The van der Waals surface area contributed by atoms with Gasteiger partial charge in [-0.25, -0.2) is 0 Å². The van der Waals surface area contributed by atoms with Crippen LogP contribution in [0.2, 0.25) is 0 Å². The number of fused-ring (bicyclic) bond motifs is 2. The third kappa shape index (κ3) is 4.05. The molecule has 0 fully saturated rings. The van der Waals surface area contributed by atoms with E-state index in [2.05, 4.69) is 5.32 Å². The molecule has 1 aliphatic rings. The third-order valence-electron chi connectivity index (χ3n) is 4.81. The lowest BCUT2D eigenvalue weighted by Gasteiger charge is -2.24. The molecule has 29 heavy (non-hydrogen) atoms. The fourth-order valence-electron chi connectivity index (χ4n) is 3.33. The SMILES string of the molecule is CCCNC(=O)c1ccc2c(c1)N(Cc1ccccc1)C(=O)c1ccccc1S2. The molecule has 3 aromatic carbocycles. The van der Waals surface area contributed by atoms with E-state index in [0.29, 0.717) is 24.2 Å². The number of nitrogens with one attached hydrogen (secondary N) is 1. The Hall–Kier alpha value is -3.05. The summed E-state index contributed by atoms with van der Waals surface area (Å²) in [5.41, 5.74) is 3.05. The van der Waals surface area contributed by atoms with Crippen LogP contribution in [0, 0.1) is 0 Å². The van der Waals surface area contributed by atoms with E-state index in [-0.39, 0.29) is 11.8 Å². The number of amides is 2. The van der Waals surface area contributed by atoms with Crippen molar-refractivity contribution < 1.29 is 9.59 Å². The molecule has 0 aromatic heterocycles. The van der Waals surface area contributed by atoms with Crippen LogP contribution in [0.25, 0.3) is 0 Å². The van der Waals surface area contributed by atoms with E-state index >= 15 is 0 Å². The van der Waals surface area contributed by atoms with Gasteiger partial charge in [-0.15, -0.1) is 0 Å². The van der Waals surface area contributed by atoms with Gasteiger partial charge in [0.2, 0.25) is 0 Å². The normalized spacial score (nSPS) is 12.7. The molecule has 0 atom stereocenters. The third-order valence-corrected chi connectivity index (χ3v) is 5.95. The van der Waals surface area contributed by atoms with Crippen molar-refractivity contribution in [3.05, 3.63) is 89.5 Å². The minimum Gasteiger partial charge on any atom is -0.352 e. The van der Waals surface area contributed by atoms with E-state index in [1.165, 1.54) is 0 Å². The molecule has 1 aliphatic heterocycles. The first kappa shape index (κ1) is 19.3. The molecule has 4 nitrogen and oxygen atoms in total. The van der Waals surface area contributed by atoms with E-state index in [4.69, 9.17) is 0 Å². The van der Waals surface area contributed by atoms with Gasteiger partial charge in [-0.05, 0) is 42.3 Å². The Labute approximate surface area is 174 Å². The fourth-order valence-corrected chi connectivity index (χ4v) is 4.38. The number of carbonyl (C=O) groups is 2. The summed E-state index contributed by atoms with van der Waals surface area (Å²) in [6.07, 6.45) is 0.875. The van der Waals surface area contributed by atoms with Gasteiger partial charge in [0, 0.05) is 21.9 Å². The smallest absolute Gasteiger partial charge is 0.259 e. The van der Waals surface area contributed by atoms with Crippen molar-refractivity contribution in [2.45, 2.75) is 29.7 Å². The molecule has 0 saturated carbocycles. The van der Waals surface area contributed by atoms with Gasteiger partial charge < -0.3 is 10.2 Å². The van der Waals surface area contributed by atoms with Crippen molar-refractivity contribution in [3.63, 3.8) is 0 Å². The van der Waals surface area contributed by atoms with E-state index < -0.39 is 0 Å². The van der Waals surface area contributed by atoms with Gasteiger partial charge in [0.15, 0.2) is 0 Å². The van der Waals surface area contributed by atoms with Gasteiger partial charge in [-0.3, -0.25) is 9.59 Å². The van der Waals surface area contributed by atoms with Crippen LogP contribution in [0.4, 0.5) is 5.69 Å². The highest BCUT2D eigenvalue weighted by Crippen LogP contribution is 2.42. The standard InChI is InChI=1S/C24H22N2O2S/c1-2-14-25-23(27)18-12-13-22-20(15-18)26(16-17-8-4-3-5-9-17)24(28)19-10-6-7-11-21(19)29-22/h3-13,15H,2,14,16H2,1H3,(H,25,27). The molecular formula is C24H22N2O2S. The Balaban J connectivity index is 1.79. The summed E-state index contributed by atoms with van der Waals surface area (Å²) in [5, 5.41) is 2.91. The van der Waals surface area contributed by atoms with Crippen molar-refractivity contribution in [1.29, 1.82) is 0 Å². The number of hydrogen-bond donors (Lipinski definition) is 1. The minimum absolute atomic E-state index is 0.0539. The van der Waals surface area contributed by atoms with Gasteiger partial charge in [0.1, 0.15) is 0 Å². The summed E-state index contributed by atoms with van der Waals surface area (Å²) in [7, 11) is 0. The van der Waals surface area contributed by atoms with Crippen molar-refractivity contribution in [3.8, 4) is 0 Å². The predicted molar refractivity (Wildman–Crippen MR) is 117 cm³/mol. The highest BCUT2D eigenvalue weighted by molar-refractivity contribution is 7.99. The second kappa shape index (κ2) is 8.53. The topological polar surface area (TPSA) is 49.4 Å². The summed E-state index contributed by atoms with van der Waals surface area (Å²) in [6.45, 7) is 3.09. The molecule has 1 heterocycles. The molecular weight excluding hydrogens is 380 g/mol. The molecule has 0 unspecified atom stereocenters. The average molecular weight is 403 g/mol. The van der Waals surface area contributed by atoms with Gasteiger partial charge in [-0.2, -0.15) is 0 Å². The summed E-state index contributed by atoms with van der Waals surface area (Å²) >= 11 is 1.57.